The fourth-order valence-corrected chi connectivity index (χ4v) is 4.43. The predicted octanol–water partition coefficient (Wildman–Crippen LogP) is 4.52. The molecule has 1 heterocycles. The molecule has 2 aromatic carbocycles. The van der Waals surface area contributed by atoms with Crippen molar-refractivity contribution in [3.63, 3.8) is 0 Å². The molecule has 0 unspecified atom stereocenters. The van der Waals surface area contributed by atoms with E-state index in [0.717, 1.165) is 28.9 Å². The predicted molar refractivity (Wildman–Crippen MR) is 93.4 cm³/mol. The van der Waals surface area contributed by atoms with Gasteiger partial charge in [0.05, 0.1) is 11.2 Å². The number of carbonyl (C=O) groups is 1. The van der Waals surface area contributed by atoms with Gasteiger partial charge in [-0.1, -0.05) is 24.3 Å². The van der Waals surface area contributed by atoms with Crippen molar-refractivity contribution < 1.29 is 4.79 Å². The highest BCUT2D eigenvalue weighted by molar-refractivity contribution is 7.13. The van der Waals surface area contributed by atoms with Gasteiger partial charge >= 0.3 is 0 Å². The van der Waals surface area contributed by atoms with E-state index in [1.54, 1.807) is 6.20 Å². The summed E-state index contributed by atoms with van der Waals surface area (Å²) >= 11 is 1.53. The molecule has 3 nitrogen and oxygen atoms in total. The number of nitrogens with zero attached hydrogens (tertiary/aromatic N) is 1. The van der Waals surface area contributed by atoms with Crippen LogP contribution in [0.3, 0.4) is 0 Å². The van der Waals surface area contributed by atoms with E-state index in [1.165, 1.54) is 40.7 Å². The quantitative estimate of drug-likeness (QED) is 0.770. The maximum atomic E-state index is 12.6. The van der Waals surface area contributed by atoms with Crippen molar-refractivity contribution in [2.24, 2.45) is 0 Å². The average molecular weight is 320 g/mol. The molecule has 3 aromatic rings. The Morgan fingerprint density at radius 2 is 1.96 bits per heavy atom. The van der Waals surface area contributed by atoms with Crippen LogP contribution >= 0.6 is 11.3 Å². The lowest BCUT2D eigenvalue weighted by molar-refractivity contribution is 0.103. The molecule has 0 radical (unpaired) electrons. The second-order valence-corrected chi connectivity index (χ2v) is 7.47. The summed E-state index contributed by atoms with van der Waals surface area (Å²) < 4.78 is 0. The summed E-state index contributed by atoms with van der Waals surface area (Å²) in [7, 11) is 0. The van der Waals surface area contributed by atoms with Crippen LogP contribution in [0.2, 0.25) is 0 Å². The molecule has 1 fully saturated rings. The fraction of sp³-hybridized carbons (Fsp3) is 0.263. The molecule has 0 aliphatic heterocycles. The first kappa shape index (κ1) is 13.3. The lowest BCUT2D eigenvalue weighted by Crippen LogP contribution is -2.10. The maximum absolute atomic E-state index is 12.6. The standard InChI is InChI=1S/C19H16N2OS/c22-18(16-10-20-19(23-16)13-6-7-13)21-15-9-8-12-5-4-11-2-1-3-14(15)17(11)12/h1-3,8-10,13H,4-7H2,(H,21,22). The van der Waals surface area contributed by atoms with Crippen LogP contribution in [0, 0.1) is 0 Å². The van der Waals surface area contributed by atoms with Gasteiger partial charge in [-0.3, -0.25) is 4.79 Å². The van der Waals surface area contributed by atoms with E-state index in [0.29, 0.717) is 10.8 Å². The van der Waals surface area contributed by atoms with Crippen LogP contribution in [-0.2, 0) is 12.8 Å². The zero-order chi connectivity index (χ0) is 15.4. The summed E-state index contributed by atoms with van der Waals surface area (Å²) in [6.07, 6.45) is 6.34. The summed E-state index contributed by atoms with van der Waals surface area (Å²) in [5.41, 5.74) is 3.68. The van der Waals surface area contributed by atoms with Gasteiger partial charge in [0.25, 0.3) is 5.91 Å². The van der Waals surface area contributed by atoms with Crippen LogP contribution < -0.4 is 5.32 Å². The third kappa shape index (κ3) is 2.17. The first-order valence-corrected chi connectivity index (χ1v) is 8.92. The minimum atomic E-state index is -0.0481. The molecule has 1 N–H and O–H groups in total. The summed E-state index contributed by atoms with van der Waals surface area (Å²) in [6, 6.07) is 10.6. The van der Waals surface area contributed by atoms with Gasteiger partial charge in [0.1, 0.15) is 4.88 Å². The van der Waals surface area contributed by atoms with E-state index in [2.05, 4.69) is 34.6 Å². The Labute approximate surface area is 138 Å². The summed E-state index contributed by atoms with van der Waals surface area (Å²) in [4.78, 5) is 17.7. The van der Waals surface area contributed by atoms with Gasteiger partial charge in [-0.15, -0.1) is 11.3 Å². The van der Waals surface area contributed by atoms with Crippen LogP contribution in [0.5, 0.6) is 0 Å². The van der Waals surface area contributed by atoms with Crippen LogP contribution in [0.15, 0.2) is 36.5 Å². The normalized spacial score (nSPS) is 16.0. The molecule has 0 spiro atoms. The summed E-state index contributed by atoms with van der Waals surface area (Å²) in [5.74, 6) is 0.548. The highest BCUT2D eigenvalue weighted by Gasteiger charge is 2.27. The van der Waals surface area contributed by atoms with Crippen molar-refractivity contribution in [3.05, 3.63) is 57.5 Å². The van der Waals surface area contributed by atoms with Crippen molar-refractivity contribution in [1.29, 1.82) is 0 Å². The molecule has 4 heteroatoms. The van der Waals surface area contributed by atoms with Crippen LogP contribution in [0.4, 0.5) is 5.69 Å². The van der Waals surface area contributed by atoms with E-state index in [4.69, 9.17) is 0 Å². The minimum absolute atomic E-state index is 0.0481. The minimum Gasteiger partial charge on any atom is -0.321 e. The molecular formula is C19H16N2OS. The van der Waals surface area contributed by atoms with Crippen LogP contribution in [0.25, 0.3) is 10.8 Å². The number of amides is 1. The Morgan fingerprint density at radius 3 is 2.78 bits per heavy atom. The zero-order valence-corrected chi connectivity index (χ0v) is 13.5. The molecule has 1 saturated carbocycles. The molecule has 0 saturated heterocycles. The van der Waals surface area contributed by atoms with Gasteiger partial charge in [0.2, 0.25) is 0 Å². The van der Waals surface area contributed by atoms with Crippen molar-refractivity contribution in [2.45, 2.75) is 31.6 Å². The lowest BCUT2D eigenvalue weighted by Gasteiger charge is -2.09. The number of rotatable bonds is 3. The van der Waals surface area contributed by atoms with E-state index in [1.807, 2.05) is 6.07 Å². The average Bonchev–Trinajstić information content (AvgIpc) is 3.15. The second kappa shape index (κ2) is 4.90. The van der Waals surface area contributed by atoms with Gasteiger partial charge in [-0.05, 0) is 48.3 Å². The van der Waals surface area contributed by atoms with Crippen molar-refractivity contribution in [3.8, 4) is 0 Å². The first-order valence-electron chi connectivity index (χ1n) is 8.10. The number of aryl methyl sites for hydroxylation is 2. The Bertz CT molecular complexity index is 929. The highest BCUT2D eigenvalue weighted by atomic mass is 32.1. The number of aromatic nitrogens is 1. The fourth-order valence-electron chi connectivity index (χ4n) is 3.45. The number of hydrogen-bond acceptors (Lipinski definition) is 3. The van der Waals surface area contributed by atoms with Gasteiger partial charge in [0, 0.05) is 17.0 Å². The number of nitrogens with one attached hydrogen (secondary N) is 1. The second-order valence-electron chi connectivity index (χ2n) is 6.40. The molecule has 23 heavy (non-hydrogen) atoms. The molecule has 5 rings (SSSR count). The molecule has 114 valence electrons. The van der Waals surface area contributed by atoms with Crippen molar-refractivity contribution in [1.82, 2.24) is 4.98 Å². The highest BCUT2D eigenvalue weighted by Crippen LogP contribution is 2.42. The molecule has 1 amide bonds. The summed E-state index contributed by atoms with van der Waals surface area (Å²) in [6.45, 7) is 0. The Hall–Kier alpha value is -2.20. The first-order chi connectivity index (χ1) is 11.3. The van der Waals surface area contributed by atoms with E-state index in [-0.39, 0.29) is 5.91 Å². The molecule has 1 aromatic heterocycles. The number of thiazole rings is 1. The topological polar surface area (TPSA) is 42.0 Å². The van der Waals surface area contributed by atoms with E-state index >= 15 is 0 Å². The Morgan fingerprint density at radius 1 is 1.13 bits per heavy atom. The number of benzene rings is 2. The molecule has 0 bridgehead atoms. The number of hydrogen-bond donors (Lipinski definition) is 1. The molecule has 0 atom stereocenters. The smallest absolute Gasteiger partial charge is 0.267 e. The van der Waals surface area contributed by atoms with Gasteiger partial charge in [0.15, 0.2) is 0 Å². The van der Waals surface area contributed by atoms with Crippen molar-refractivity contribution in [2.75, 3.05) is 5.32 Å². The summed E-state index contributed by atoms with van der Waals surface area (Å²) in [5, 5.41) is 6.67. The van der Waals surface area contributed by atoms with Crippen LogP contribution in [0.1, 0.15) is 44.6 Å². The van der Waals surface area contributed by atoms with E-state index < -0.39 is 0 Å². The van der Waals surface area contributed by atoms with Gasteiger partial charge in [-0.2, -0.15) is 0 Å². The van der Waals surface area contributed by atoms with Crippen LogP contribution in [-0.4, -0.2) is 10.9 Å². The Kier molecular flexibility index (Phi) is 2.82. The molecule has 2 aliphatic carbocycles. The zero-order valence-electron chi connectivity index (χ0n) is 12.6. The van der Waals surface area contributed by atoms with E-state index in [9.17, 15) is 4.79 Å². The maximum Gasteiger partial charge on any atom is 0.267 e. The van der Waals surface area contributed by atoms with Crippen molar-refractivity contribution >= 4 is 33.7 Å². The molecular weight excluding hydrogens is 304 g/mol. The monoisotopic (exact) mass is 320 g/mol. The SMILES string of the molecule is O=C(Nc1ccc2c3c(cccc13)CC2)c1cnc(C2CC2)s1. The third-order valence-corrected chi connectivity index (χ3v) is 5.96. The third-order valence-electron chi connectivity index (χ3n) is 4.80. The molecule has 2 aliphatic rings. The lowest BCUT2D eigenvalue weighted by atomic mass is 10.0. The largest absolute Gasteiger partial charge is 0.321 e. The Balaban J connectivity index is 1.50. The number of anilines is 1. The number of carbonyl (C=O) groups excluding carboxylic acids is 1. The van der Waals surface area contributed by atoms with Gasteiger partial charge in [-0.25, -0.2) is 4.98 Å². The van der Waals surface area contributed by atoms with Gasteiger partial charge < -0.3 is 5.32 Å².